The molecule has 158 valence electrons. The number of rotatable bonds is 7. The quantitative estimate of drug-likeness (QED) is 0.362. The summed E-state index contributed by atoms with van der Waals surface area (Å²) < 4.78 is 20.9. The maximum atomic E-state index is 12.4. The van der Waals surface area contributed by atoms with Gasteiger partial charge in [-0.1, -0.05) is 16.8 Å². The monoisotopic (exact) mass is 457 g/mol. The first-order chi connectivity index (χ1) is 15.1. The molecule has 31 heavy (non-hydrogen) atoms. The van der Waals surface area contributed by atoms with Gasteiger partial charge in [0.25, 0.3) is 5.89 Å². The van der Waals surface area contributed by atoms with E-state index in [0.717, 1.165) is 11.1 Å². The van der Waals surface area contributed by atoms with Crippen LogP contribution in [-0.2, 0) is 11.3 Å². The fourth-order valence-corrected chi connectivity index (χ4v) is 3.61. The van der Waals surface area contributed by atoms with Gasteiger partial charge >= 0.3 is 5.97 Å². The van der Waals surface area contributed by atoms with Crippen molar-refractivity contribution in [2.24, 2.45) is 0 Å². The van der Waals surface area contributed by atoms with Gasteiger partial charge in [0.1, 0.15) is 5.01 Å². The number of hydrogen-bond acceptors (Lipinski definition) is 9. The van der Waals surface area contributed by atoms with Crippen LogP contribution in [0.3, 0.4) is 0 Å². The second-order valence-corrected chi connectivity index (χ2v) is 7.50. The van der Waals surface area contributed by atoms with E-state index in [1.165, 1.54) is 11.3 Å². The van der Waals surface area contributed by atoms with Crippen LogP contribution in [0.5, 0.6) is 11.5 Å². The third kappa shape index (κ3) is 4.68. The average Bonchev–Trinajstić information content (AvgIpc) is 3.48. The Hall–Kier alpha value is -3.43. The predicted molar refractivity (Wildman–Crippen MR) is 115 cm³/mol. The van der Waals surface area contributed by atoms with Crippen LogP contribution in [0.2, 0.25) is 5.02 Å². The number of carbonyl (C=O) groups is 1. The van der Waals surface area contributed by atoms with Crippen LogP contribution in [0, 0.1) is 0 Å². The van der Waals surface area contributed by atoms with E-state index in [2.05, 4.69) is 15.1 Å². The number of esters is 1. The molecule has 0 bridgehead atoms. The highest BCUT2D eigenvalue weighted by Crippen LogP contribution is 2.33. The molecule has 2 heterocycles. The zero-order valence-electron chi connectivity index (χ0n) is 16.5. The van der Waals surface area contributed by atoms with E-state index >= 15 is 0 Å². The molecule has 2 aromatic heterocycles. The molecule has 0 saturated carbocycles. The van der Waals surface area contributed by atoms with E-state index < -0.39 is 5.97 Å². The van der Waals surface area contributed by atoms with Crippen molar-refractivity contribution >= 4 is 28.9 Å². The molecule has 0 radical (unpaired) electrons. The van der Waals surface area contributed by atoms with E-state index in [1.807, 2.05) is 6.07 Å². The molecule has 0 fully saturated rings. The summed E-state index contributed by atoms with van der Waals surface area (Å²) in [6, 6.07) is 12.4. The van der Waals surface area contributed by atoms with Crippen molar-refractivity contribution in [3.63, 3.8) is 0 Å². The molecule has 0 saturated heterocycles. The number of aromatic nitrogens is 3. The molecule has 8 nitrogen and oxygen atoms in total. The molecule has 0 aliphatic carbocycles. The van der Waals surface area contributed by atoms with Gasteiger partial charge in [0.15, 0.2) is 23.8 Å². The van der Waals surface area contributed by atoms with Crippen molar-refractivity contribution in [2.45, 2.75) is 6.61 Å². The highest BCUT2D eigenvalue weighted by atomic mass is 35.5. The van der Waals surface area contributed by atoms with Crippen LogP contribution in [0.25, 0.3) is 22.0 Å². The zero-order valence-corrected chi connectivity index (χ0v) is 18.1. The summed E-state index contributed by atoms with van der Waals surface area (Å²) in [5.74, 6) is 1.15. The van der Waals surface area contributed by atoms with E-state index in [-0.39, 0.29) is 18.2 Å². The summed E-state index contributed by atoms with van der Waals surface area (Å²) in [7, 11) is 3.12. The zero-order chi connectivity index (χ0) is 21.8. The van der Waals surface area contributed by atoms with Gasteiger partial charge < -0.3 is 18.7 Å². The van der Waals surface area contributed by atoms with E-state index in [0.29, 0.717) is 27.4 Å². The number of nitrogens with zero attached hydrogens (tertiary/aromatic N) is 3. The first-order valence-corrected chi connectivity index (χ1v) is 10.3. The van der Waals surface area contributed by atoms with Gasteiger partial charge in [0.05, 0.1) is 14.2 Å². The molecule has 2 aromatic carbocycles. The molecule has 0 N–H and O–H groups in total. The summed E-state index contributed by atoms with van der Waals surface area (Å²) >= 11 is 7.20. The standard InChI is InChI=1S/C21H16ClN3O5S/c1-27-16-8-5-13(9-17(16)28-2)20-23-15(11-31-20)21(26)29-10-18-24-19(25-30-18)12-3-6-14(22)7-4-12/h3-9,11H,10H2,1-2H3. The number of ether oxygens (including phenoxy) is 3. The minimum atomic E-state index is -0.589. The summed E-state index contributed by atoms with van der Waals surface area (Å²) in [5.41, 5.74) is 1.73. The molecule has 4 aromatic rings. The third-order valence-electron chi connectivity index (χ3n) is 4.24. The van der Waals surface area contributed by atoms with E-state index in [4.69, 9.17) is 30.3 Å². The Morgan fingerprint density at radius 1 is 1.03 bits per heavy atom. The van der Waals surface area contributed by atoms with Gasteiger partial charge in [0.2, 0.25) is 5.82 Å². The van der Waals surface area contributed by atoms with Gasteiger partial charge in [-0.05, 0) is 42.5 Å². The van der Waals surface area contributed by atoms with Gasteiger partial charge in [-0.25, -0.2) is 9.78 Å². The number of halogens is 1. The SMILES string of the molecule is COc1ccc(-c2nc(C(=O)OCc3nc(-c4ccc(Cl)cc4)no3)cs2)cc1OC. The largest absolute Gasteiger partial charge is 0.493 e. The Morgan fingerprint density at radius 3 is 2.52 bits per heavy atom. The highest BCUT2D eigenvalue weighted by Gasteiger charge is 2.17. The Bertz CT molecular complexity index is 1210. The Kier molecular flexibility index (Phi) is 6.15. The number of hydrogen-bond donors (Lipinski definition) is 0. The van der Waals surface area contributed by atoms with E-state index in [1.54, 1.807) is 56.0 Å². The fourth-order valence-electron chi connectivity index (χ4n) is 2.70. The maximum absolute atomic E-state index is 12.4. The normalized spacial score (nSPS) is 10.7. The van der Waals surface area contributed by atoms with Crippen LogP contribution in [-0.4, -0.2) is 35.3 Å². The van der Waals surface area contributed by atoms with Crippen molar-refractivity contribution in [1.29, 1.82) is 0 Å². The van der Waals surface area contributed by atoms with Crippen LogP contribution in [0.15, 0.2) is 52.4 Å². The van der Waals surface area contributed by atoms with Crippen LogP contribution >= 0.6 is 22.9 Å². The van der Waals surface area contributed by atoms with Crippen LogP contribution in [0.4, 0.5) is 0 Å². The van der Waals surface area contributed by atoms with E-state index in [9.17, 15) is 4.79 Å². The molecular weight excluding hydrogens is 442 g/mol. The lowest BCUT2D eigenvalue weighted by Crippen LogP contribution is -2.05. The summed E-state index contributed by atoms with van der Waals surface area (Å²) in [6.07, 6.45) is 0. The molecule has 0 unspecified atom stereocenters. The molecule has 0 amide bonds. The lowest BCUT2D eigenvalue weighted by molar-refractivity contribution is 0.0424. The first kappa shape index (κ1) is 20.8. The minimum absolute atomic E-state index is 0.164. The van der Waals surface area contributed by atoms with Gasteiger partial charge in [-0.15, -0.1) is 11.3 Å². The van der Waals surface area contributed by atoms with Crippen molar-refractivity contribution < 1.29 is 23.5 Å². The Morgan fingerprint density at radius 2 is 1.77 bits per heavy atom. The highest BCUT2D eigenvalue weighted by molar-refractivity contribution is 7.13. The molecule has 10 heteroatoms. The lowest BCUT2D eigenvalue weighted by atomic mass is 10.2. The predicted octanol–water partition coefficient (Wildman–Crippen LogP) is 4.89. The molecule has 0 atom stereocenters. The first-order valence-electron chi connectivity index (χ1n) is 9.01. The third-order valence-corrected chi connectivity index (χ3v) is 5.38. The number of thiazole rings is 1. The summed E-state index contributed by atoms with van der Waals surface area (Å²) in [6.45, 7) is -0.164. The van der Waals surface area contributed by atoms with Crippen LogP contribution < -0.4 is 9.47 Å². The number of carbonyl (C=O) groups excluding carboxylic acids is 1. The number of methoxy groups -OCH3 is 2. The van der Waals surface area contributed by atoms with Gasteiger partial charge in [0, 0.05) is 21.5 Å². The van der Waals surface area contributed by atoms with Crippen LogP contribution in [0.1, 0.15) is 16.4 Å². The maximum Gasteiger partial charge on any atom is 0.358 e. The lowest BCUT2D eigenvalue weighted by Gasteiger charge is -2.08. The topological polar surface area (TPSA) is 96.6 Å². The van der Waals surface area contributed by atoms with Crippen molar-refractivity contribution in [1.82, 2.24) is 15.1 Å². The van der Waals surface area contributed by atoms with Crippen molar-refractivity contribution in [2.75, 3.05) is 14.2 Å². The smallest absolute Gasteiger partial charge is 0.358 e. The summed E-state index contributed by atoms with van der Waals surface area (Å²) in [4.78, 5) is 20.9. The van der Waals surface area contributed by atoms with Gasteiger partial charge in [-0.2, -0.15) is 4.98 Å². The Labute approximate surface area is 186 Å². The van der Waals surface area contributed by atoms with Crippen molar-refractivity contribution in [3.8, 4) is 33.5 Å². The molecule has 0 spiro atoms. The van der Waals surface area contributed by atoms with Crippen molar-refractivity contribution in [3.05, 3.63) is 64.5 Å². The molecule has 0 aliphatic heterocycles. The summed E-state index contributed by atoms with van der Waals surface area (Å²) in [5, 5.41) is 6.77. The minimum Gasteiger partial charge on any atom is -0.493 e. The average molecular weight is 458 g/mol. The molecule has 4 rings (SSSR count). The number of benzene rings is 2. The second kappa shape index (κ2) is 9.15. The van der Waals surface area contributed by atoms with Gasteiger partial charge in [-0.3, -0.25) is 0 Å². The fraction of sp³-hybridized carbons (Fsp3) is 0.143. The second-order valence-electron chi connectivity index (χ2n) is 6.20. The molecule has 0 aliphatic rings. The Balaban J connectivity index is 1.41. The molecular formula is C21H16ClN3O5S.